The first-order valence-electron chi connectivity index (χ1n) is 9.52. The van der Waals surface area contributed by atoms with Gasteiger partial charge in [0.1, 0.15) is 5.75 Å². The van der Waals surface area contributed by atoms with Crippen LogP contribution in [0, 0.1) is 0 Å². The van der Waals surface area contributed by atoms with E-state index in [4.69, 9.17) is 30.3 Å². The first-order valence-corrected chi connectivity index (χ1v) is 9.52. The van der Waals surface area contributed by atoms with E-state index in [1.54, 1.807) is 0 Å². The minimum absolute atomic E-state index is 0.234. The second kappa shape index (κ2) is 13.3. The Morgan fingerprint density at radius 2 is 1.72 bits per heavy atom. The van der Waals surface area contributed by atoms with Crippen LogP contribution < -0.4 is 10.5 Å². The van der Waals surface area contributed by atoms with Crippen molar-refractivity contribution >= 4 is 11.9 Å². The number of aliphatic carboxylic acids is 2. The number of carbonyl (C=O) groups is 2. The van der Waals surface area contributed by atoms with Gasteiger partial charge in [-0.3, -0.25) is 0 Å². The van der Waals surface area contributed by atoms with Crippen LogP contribution in [0.2, 0.25) is 0 Å². The Balaban J connectivity index is 0.000000612. The number of benzene rings is 2. The van der Waals surface area contributed by atoms with Crippen LogP contribution >= 0.6 is 0 Å². The summed E-state index contributed by atoms with van der Waals surface area (Å²) in [6.45, 7) is 3.19. The summed E-state index contributed by atoms with van der Waals surface area (Å²) in [6, 6.07) is 16.1. The topological polar surface area (TPSA) is 130 Å². The molecule has 0 saturated carbocycles. The molecule has 0 aliphatic rings. The molecule has 0 aliphatic heterocycles. The Kier molecular flexibility index (Phi) is 11.1. The highest BCUT2D eigenvalue weighted by Gasteiger charge is 2.11. The summed E-state index contributed by atoms with van der Waals surface area (Å²) in [5, 5.41) is 24.8. The highest BCUT2D eigenvalue weighted by atomic mass is 16.5. The van der Waals surface area contributed by atoms with Gasteiger partial charge in [0.05, 0.1) is 12.7 Å². The lowest BCUT2D eigenvalue weighted by Gasteiger charge is -2.14. The molecule has 2 rings (SSSR count). The molecule has 158 valence electrons. The largest absolute Gasteiger partial charge is 0.494 e. The Morgan fingerprint density at radius 1 is 1.03 bits per heavy atom. The molecule has 0 amide bonds. The molecule has 0 saturated heterocycles. The van der Waals surface area contributed by atoms with Crippen LogP contribution in [-0.4, -0.2) is 40.4 Å². The number of hydrogen-bond donors (Lipinski definition) is 4. The van der Waals surface area contributed by atoms with Gasteiger partial charge in [-0.25, -0.2) is 9.59 Å². The fraction of sp³-hybridized carbons (Fsp3) is 0.364. The molecular formula is C22H29NO6. The first-order chi connectivity index (χ1) is 13.9. The number of aliphatic hydroxyl groups excluding tert-OH is 1. The number of rotatable bonds is 9. The predicted octanol–water partition coefficient (Wildman–Crippen LogP) is 2.99. The average Bonchev–Trinajstić information content (AvgIpc) is 2.72. The smallest absolute Gasteiger partial charge is 0.414 e. The van der Waals surface area contributed by atoms with Crippen molar-refractivity contribution in [3.8, 4) is 5.75 Å². The second-order valence-electron chi connectivity index (χ2n) is 6.44. The monoisotopic (exact) mass is 403 g/mol. The van der Waals surface area contributed by atoms with E-state index in [2.05, 4.69) is 19.1 Å². The number of hydrogen-bond acceptors (Lipinski definition) is 5. The Labute approximate surface area is 170 Å². The normalized spacial score (nSPS) is 11.1. The SMILES string of the molecule is CCCCCOc1cccc(Cc2ccccc2C(O)CN)c1.O=C(O)C(=O)O. The Hall–Kier alpha value is -2.90. The van der Waals surface area contributed by atoms with Gasteiger partial charge in [0.15, 0.2) is 0 Å². The van der Waals surface area contributed by atoms with Crippen molar-refractivity contribution in [2.45, 2.75) is 38.7 Å². The molecule has 7 heteroatoms. The van der Waals surface area contributed by atoms with E-state index >= 15 is 0 Å². The summed E-state index contributed by atoms with van der Waals surface area (Å²) in [5.41, 5.74) is 8.79. The van der Waals surface area contributed by atoms with E-state index in [-0.39, 0.29) is 6.54 Å². The predicted molar refractivity (Wildman–Crippen MR) is 110 cm³/mol. The summed E-state index contributed by atoms with van der Waals surface area (Å²) >= 11 is 0. The van der Waals surface area contributed by atoms with E-state index in [1.807, 2.05) is 36.4 Å². The molecule has 0 aromatic heterocycles. The Bertz CT molecular complexity index is 765. The molecule has 1 atom stereocenters. The van der Waals surface area contributed by atoms with Gasteiger partial charge in [-0.05, 0) is 41.7 Å². The van der Waals surface area contributed by atoms with Crippen molar-refractivity contribution in [2.75, 3.05) is 13.2 Å². The molecule has 0 radical (unpaired) electrons. The third-order valence-electron chi connectivity index (χ3n) is 4.13. The lowest BCUT2D eigenvalue weighted by atomic mass is 9.96. The number of unbranched alkanes of at least 4 members (excludes halogenated alkanes) is 2. The third kappa shape index (κ3) is 9.23. The lowest BCUT2D eigenvalue weighted by Crippen LogP contribution is -2.13. The van der Waals surface area contributed by atoms with Crippen molar-refractivity contribution in [1.29, 1.82) is 0 Å². The summed E-state index contributed by atoms with van der Waals surface area (Å²) in [6.07, 6.45) is 3.64. The first kappa shape index (κ1) is 24.1. The van der Waals surface area contributed by atoms with Gasteiger partial charge < -0.3 is 25.8 Å². The molecule has 1 unspecified atom stereocenters. The summed E-state index contributed by atoms with van der Waals surface area (Å²) in [5.74, 6) is -2.74. The average molecular weight is 403 g/mol. The van der Waals surface area contributed by atoms with Crippen LogP contribution in [0.3, 0.4) is 0 Å². The molecule has 0 bridgehead atoms. The zero-order chi connectivity index (χ0) is 21.6. The minimum Gasteiger partial charge on any atom is -0.494 e. The molecule has 5 N–H and O–H groups in total. The van der Waals surface area contributed by atoms with Crippen LogP contribution in [0.25, 0.3) is 0 Å². The zero-order valence-electron chi connectivity index (χ0n) is 16.6. The summed E-state index contributed by atoms with van der Waals surface area (Å²) in [7, 11) is 0. The van der Waals surface area contributed by atoms with Gasteiger partial charge in [0.2, 0.25) is 0 Å². The maximum atomic E-state index is 10.1. The Morgan fingerprint density at radius 3 is 2.34 bits per heavy atom. The highest BCUT2D eigenvalue weighted by molar-refractivity contribution is 6.27. The number of carboxylic acid groups (broad SMARTS) is 2. The second-order valence-corrected chi connectivity index (χ2v) is 6.44. The van der Waals surface area contributed by atoms with Gasteiger partial charge in [0.25, 0.3) is 0 Å². The van der Waals surface area contributed by atoms with Crippen molar-refractivity contribution in [2.24, 2.45) is 5.73 Å². The van der Waals surface area contributed by atoms with Gasteiger partial charge in [-0.15, -0.1) is 0 Å². The fourth-order valence-corrected chi connectivity index (χ4v) is 2.65. The third-order valence-corrected chi connectivity index (χ3v) is 4.13. The molecule has 2 aromatic carbocycles. The standard InChI is InChI=1S/C20H27NO2.C2H2O4/c1-2-3-6-12-23-18-10-7-8-16(14-18)13-17-9-4-5-11-19(17)20(22)15-21;3-1(4)2(5)6/h4-5,7-11,14,20,22H,2-3,6,12-13,15,21H2,1H3;(H,3,4)(H,5,6). The van der Waals surface area contributed by atoms with Crippen molar-refractivity contribution in [3.63, 3.8) is 0 Å². The fourth-order valence-electron chi connectivity index (χ4n) is 2.65. The van der Waals surface area contributed by atoms with E-state index < -0.39 is 18.0 Å². The lowest BCUT2D eigenvalue weighted by molar-refractivity contribution is -0.159. The quantitative estimate of drug-likeness (QED) is 0.374. The van der Waals surface area contributed by atoms with Crippen LogP contribution in [0.1, 0.15) is 49.0 Å². The van der Waals surface area contributed by atoms with Crippen LogP contribution in [0.4, 0.5) is 0 Å². The minimum atomic E-state index is -1.82. The number of carboxylic acids is 2. The molecule has 0 aliphatic carbocycles. The molecule has 0 fully saturated rings. The van der Waals surface area contributed by atoms with Crippen LogP contribution in [0.5, 0.6) is 5.75 Å². The number of nitrogens with two attached hydrogens (primary N) is 1. The van der Waals surface area contributed by atoms with Gasteiger partial charge in [0, 0.05) is 6.54 Å². The molecule has 0 heterocycles. The van der Waals surface area contributed by atoms with Gasteiger partial charge in [-0.2, -0.15) is 0 Å². The molecule has 2 aromatic rings. The number of aliphatic hydroxyl groups is 1. The summed E-state index contributed by atoms with van der Waals surface area (Å²) in [4.78, 5) is 18.2. The molecule has 0 spiro atoms. The van der Waals surface area contributed by atoms with Crippen LogP contribution in [0.15, 0.2) is 48.5 Å². The van der Waals surface area contributed by atoms with Crippen molar-refractivity contribution in [1.82, 2.24) is 0 Å². The van der Waals surface area contributed by atoms with Crippen molar-refractivity contribution < 1.29 is 29.6 Å². The van der Waals surface area contributed by atoms with Crippen molar-refractivity contribution in [3.05, 3.63) is 65.2 Å². The van der Waals surface area contributed by atoms with E-state index in [9.17, 15) is 5.11 Å². The van der Waals surface area contributed by atoms with Gasteiger partial charge >= 0.3 is 11.9 Å². The molecule has 7 nitrogen and oxygen atoms in total. The van der Waals surface area contributed by atoms with Crippen LogP contribution in [-0.2, 0) is 16.0 Å². The molecular weight excluding hydrogens is 374 g/mol. The maximum Gasteiger partial charge on any atom is 0.414 e. The van der Waals surface area contributed by atoms with Gasteiger partial charge in [-0.1, -0.05) is 56.2 Å². The maximum absolute atomic E-state index is 10.1. The van der Waals surface area contributed by atoms with E-state index in [0.29, 0.717) is 0 Å². The zero-order valence-corrected chi connectivity index (χ0v) is 16.6. The highest BCUT2D eigenvalue weighted by Crippen LogP contribution is 2.22. The summed E-state index contributed by atoms with van der Waals surface area (Å²) < 4.78 is 5.82. The molecule has 29 heavy (non-hydrogen) atoms. The van der Waals surface area contributed by atoms with E-state index in [1.165, 1.54) is 18.4 Å². The van der Waals surface area contributed by atoms with E-state index in [0.717, 1.165) is 36.3 Å². The number of ether oxygens (including phenoxy) is 1.